The lowest BCUT2D eigenvalue weighted by molar-refractivity contribution is -0.128. The first-order valence-corrected chi connectivity index (χ1v) is 8.69. The van der Waals surface area contributed by atoms with E-state index >= 15 is 0 Å². The van der Waals surface area contributed by atoms with Gasteiger partial charge in [-0.2, -0.15) is 0 Å². The topological polar surface area (TPSA) is 82.1 Å². The van der Waals surface area contributed by atoms with Gasteiger partial charge < -0.3 is 20.1 Å². The van der Waals surface area contributed by atoms with Crippen LogP contribution < -0.4 is 5.32 Å². The van der Waals surface area contributed by atoms with Gasteiger partial charge in [0.2, 0.25) is 0 Å². The number of carbonyl (C=O) groups is 2. The fourth-order valence-corrected chi connectivity index (χ4v) is 3.00. The number of aliphatic hydroxyl groups is 1. The number of morpholine rings is 1. The summed E-state index contributed by atoms with van der Waals surface area (Å²) < 4.78 is 31.4. The van der Waals surface area contributed by atoms with Crippen LogP contribution >= 0.6 is 0 Å². The van der Waals surface area contributed by atoms with E-state index in [-0.39, 0.29) is 18.7 Å². The molecule has 7 nitrogen and oxygen atoms in total. The summed E-state index contributed by atoms with van der Waals surface area (Å²) in [5.41, 5.74) is 0.348. The Morgan fingerprint density at radius 3 is 2.63 bits per heavy atom. The molecule has 0 aliphatic carbocycles. The largest absolute Gasteiger partial charge is 0.503 e. The van der Waals surface area contributed by atoms with Crippen LogP contribution in [-0.2, 0) is 20.9 Å². The van der Waals surface area contributed by atoms with E-state index in [1.54, 1.807) is 0 Å². The van der Waals surface area contributed by atoms with Crippen molar-refractivity contribution in [3.05, 3.63) is 46.7 Å². The highest BCUT2D eigenvalue weighted by molar-refractivity contribution is 6.06. The van der Waals surface area contributed by atoms with E-state index in [0.717, 1.165) is 25.2 Å². The van der Waals surface area contributed by atoms with Crippen LogP contribution in [0.2, 0.25) is 0 Å². The number of hydrogen-bond acceptors (Lipinski definition) is 5. The van der Waals surface area contributed by atoms with Gasteiger partial charge in [0.25, 0.3) is 11.8 Å². The first-order valence-electron chi connectivity index (χ1n) is 8.69. The third-order valence-corrected chi connectivity index (χ3v) is 4.63. The zero-order valence-electron chi connectivity index (χ0n) is 14.7. The second-order valence-electron chi connectivity index (χ2n) is 6.44. The Morgan fingerprint density at radius 2 is 1.93 bits per heavy atom. The van der Waals surface area contributed by atoms with Crippen LogP contribution in [-0.4, -0.2) is 72.7 Å². The molecule has 1 saturated heterocycles. The molecular weight excluding hydrogens is 360 g/mol. The number of halogens is 2. The van der Waals surface area contributed by atoms with E-state index in [4.69, 9.17) is 4.74 Å². The molecule has 3 rings (SSSR count). The first-order chi connectivity index (χ1) is 13.0. The zero-order valence-corrected chi connectivity index (χ0v) is 14.7. The van der Waals surface area contributed by atoms with Crippen molar-refractivity contribution in [2.75, 3.05) is 45.9 Å². The Labute approximate surface area is 155 Å². The van der Waals surface area contributed by atoms with Gasteiger partial charge in [-0.1, -0.05) is 6.07 Å². The Kier molecular flexibility index (Phi) is 6.02. The van der Waals surface area contributed by atoms with Crippen LogP contribution in [0.1, 0.15) is 5.56 Å². The number of aliphatic hydroxyl groups excluding tert-OH is 1. The average molecular weight is 381 g/mol. The summed E-state index contributed by atoms with van der Waals surface area (Å²) in [5.74, 6) is -3.74. The highest BCUT2D eigenvalue weighted by Crippen LogP contribution is 2.17. The van der Waals surface area contributed by atoms with Gasteiger partial charge in [-0.15, -0.1) is 0 Å². The first kappa shape index (κ1) is 19.2. The van der Waals surface area contributed by atoms with Gasteiger partial charge in [-0.05, 0) is 17.7 Å². The zero-order chi connectivity index (χ0) is 19.4. The molecule has 9 heteroatoms. The Hall–Kier alpha value is -2.52. The Balaban J connectivity index is 1.53. The third kappa shape index (κ3) is 4.61. The van der Waals surface area contributed by atoms with Crippen LogP contribution in [0, 0.1) is 11.6 Å². The average Bonchev–Trinajstić information content (AvgIpc) is 2.96. The number of carbonyl (C=O) groups excluding carboxylic acids is 2. The van der Waals surface area contributed by atoms with Gasteiger partial charge in [-0.25, -0.2) is 8.78 Å². The Bertz CT molecular complexity index is 763. The highest BCUT2D eigenvalue weighted by atomic mass is 19.2. The summed E-state index contributed by atoms with van der Waals surface area (Å²) in [6.45, 7) is 3.85. The lowest BCUT2D eigenvalue weighted by Gasteiger charge is -2.28. The van der Waals surface area contributed by atoms with Crippen LogP contribution in [0.5, 0.6) is 0 Å². The fraction of sp³-hybridized carbons (Fsp3) is 0.444. The predicted molar refractivity (Wildman–Crippen MR) is 91.7 cm³/mol. The summed E-state index contributed by atoms with van der Waals surface area (Å²) in [6.07, 6.45) is 0. The number of benzene rings is 1. The molecule has 1 aromatic carbocycles. The summed E-state index contributed by atoms with van der Waals surface area (Å²) >= 11 is 0. The number of hydrogen-bond donors (Lipinski definition) is 2. The van der Waals surface area contributed by atoms with E-state index in [2.05, 4.69) is 10.2 Å². The molecule has 0 atom stereocenters. The summed E-state index contributed by atoms with van der Waals surface area (Å²) in [7, 11) is 0. The van der Waals surface area contributed by atoms with E-state index in [1.165, 1.54) is 11.0 Å². The molecular formula is C18H21F2N3O4. The molecule has 2 aliphatic heterocycles. The maximum absolute atomic E-state index is 13.2. The molecule has 0 radical (unpaired) electrons. The molecule has 0 bridgehead atoms. The van der Waals surface area contributed by atoms with Crippen molar-refractivity contribution in [2.24, 2.45) is 0 Å². The molecule has 2 N–H and O–H groups in total. The van der Waals surface area contributed by atoms with Crippen molar-refractivity contribution in [1.82, 2.24) is 15.1 Å². The minimum atomic E-state index is -1.01. The molecule has 0 spiro atoms. The third-order valence-electron chi connectivity index (χ3n) is 4.63. The molecule has 146 valence electrons. The monoisotopic (exact) mass is 381 g/mol. The van der Waals surface area contributed by atoms with Crippen LogP contribution in [0.25, 0.3) is 0 Å². The molecule has 2 heterocycles. The number of nitrogens with zero attached hydrogens (tertiary/aromatic N) is 2. The van der Waals surface area contributed by atoms with E-state index in [0.29, 0.717) is 31.9 Å². The lowest BCUT2D eigenvalue weighted by Crippen LogP contribution is -2.42. The molecule has 0 aromatic heterocycles. The van der Waals surface area contributed by atoms with Gasteiger partial charge in [0.15, 0.2) is 17.4 Å². The molecule has 0 saturated carbocycles. The quantitative estimate of drug-likeness (QED) is 0.753. The second kappa shape index (κ2) is 8.45. The normalized spacial score (nSPS) is 18.3. The second-order valence-corrected chi connectivity index (χ2v) is 6.44. The summed E-state index contributed by atoms with van der Waals surface area (Å²) in [4.78, 5) is 28.0. The standard InChI is InChI=1S/C18H21F2N3O4/c19-14-2-1-12(9-15(14)20)10-21-17(25)13-11-23(18(26)16(13)24)4-3-22-5-7-27-8-6-22/h1-2,9,24H,3-8,10-11H2,(H,21,25). The van der Waals surface area contributed by atoms with Crippen molar-refractivity contribution in [1.29, 1.82) is 0 Å². The van der Waals surface area contributed by atoms with E-state index < -0.39 is 29.2 Å². The maximum Gasteiger partial charge on any atom is 0.289 e. The highest BCUT2D eigenvalue weighted by Gasteiger charge is 2.33. The Morgan fingerprint density at radius 1 is 1.19 bits per heavy atom. The molecule has 1 fully saturated rings. The van der Waals surface area contributed by atoms with Gasteiger partial charge in [-0.3, -0.25) is 14.5 Å². The minimum Gasteiger partial charge on any atom is -0.503 e. The van der Waals surface area contributed by atoms with Crippen molar-refractivity contribution >= 4 is 11.8 Å². The smallest absolute Gasteiger partial charge is 0.289 e. The SMILES string of the molecule is O=C(NCc1ccc(F)c(F)c1)C1=C(O)C(=O)N(CCN2CCOCC2)C1. The summed E-state index contributed by atoms with van der Waals surface area (Å²) in [5, 5.41) is 12.5. The van der Waals surface area contributed by atoms with Crippen LogP contribution in [0.3, 0.4) is 0 Å². The van der Waals surface area contributed by atoms with Crippen molar-refractivity contribution in [3.8, 4) is 0 Å². The predicted octanol–water partition coefficient (Wildman–Crippen LogP) is 0.567. The molecule has 2 aliphatic rings. The molecule has 2 amide bonds. The molecule has 1 aromatic rings. The van der Waals surface area contributed by atoms with Gasteiger partial charge in [0.1, 0.15) is 0 Å². The van der Waals surface area contributed by atoms with Gasteiger partial charge >= 0.3 is 0 Å². The van der Waals surface area contributed by atoms with E-state index in [9.17, 15) is 23.5 Å². The lowest BCUT2D eigenvalue weighted by atomic mass is 10.2. The van der Waals surface area contributed by atoms with E-state index in [1.807, 2.05) is 0 Å². The van der Waals surface area contributed by atoms with Crippen molar-refractivity contribution in [2.45, 2.75) is 6.54 Å². The fourth-order valence-electron chi connectivity index (χ4n) is 3.00. The van der Waals surface area contributed by atoms with Crippen LogP contribution in [0.4, 0.5) is 8.78 Å². The summed E-state index contributed by atoms with van der Waals surface area (Å²) in [6, 6.07) is 3.31. The molecule has 27 heavy (non-hydrogen) atoms. The van der Waals surface area contributed by atoms with Crippen molar-refractivity contribution in [3.63, 3.8) is 0 Å². The number of ether oxygens (including phenoxy) is 1. The van der Waals surface area contributed by atoms with Crippen LogP contribution in [0.15, 0.2) is 29.5 Å². The number of rotatable bonds is 6. The number of nitrogens with one attached hydrogen (secondary N) is 1. The number of amides is 2. The minimum absolute atomic E-state index is 0.0125. The maximum atomic E-state index is 13.2. The van der Waals surface area contributed by atoms with Gasteiger partial charge in [0, 0.05) is 32.7 Å². The van der Waals surface area contributed by atoms with Gasteiger partial charge in [0.05, 0.1) is 25.3 Å². The van der Waals surface area contributed by atoms with Crippen molar-refractivity contribution < 1.29 is 28.2 Å². The molecule has 0 unspecified atom stereocenters.